The van der Waals surface area contributed by atoms with Crippen LogP contribution in [0.5, 0.6) is 5.75 Å². The zero-order valence-electron chi connectivity index (χ0n) is 24.7. The zero-order valence-corrected chi connectivity index (χ0v) is 24.7. The number of carboxylic acids is 1. The fourth-order valence-corrected chi connectivity index (χ4v) is 5.00. The number of carboxylic acid groups (broad SMARTS) is 1. The molecule has 0 spiro atoms. The Morgan fingerprint density at radius 3 is 1.91 bits per heavy atom. The van der Waals surface area contributed by atoms with Crippen LogP contribution in [0.2, 0.25) is 0 Å². The Balaban J connectivity index is 1.18. The summed E-state index contributed by atoms with van der Waals surface area (Å²) < 4.78 is 5.96. The largest absolute Gasteiger partial charge is 0.494 e. The number of anilines is 2. The molecule has 5 aromatic rings. The first-order valence-electron chi connectivity index (χ1n) is 14.8. The molecule has 226 valence electrons. The van der Waals surface area contributed by atoms with Gasteiger partial charge in [0.05, 0.1) is 6.61 Å². The van der Waals surface area contributed by atoms with Gasteiger partial charge in [0.15, 0.2) is 5.78 Å². The lowest BCUT2D eigenvalue weighted by molar-refractivity contribution is -0.137. The van der Waals surface area contributed by atoms with E-state index < -0.39 is 12.0 Å². The third-order valence-corrected chi connectivity index (χ3v) is 7.33. The van der Waals surface area contributed by atoms with Gasteiger partial charge in [-0.05, 0) is 60.5 Å². The van der Waals surface area contributed by atoms with Crippen molar-refractivity contribution in [3.05, 3.63) is 162 Å². The molecule has 45 heavy (non-hydrogen) atoms. The van der Waals surface area contributed by atoms with Gasteiger partial charge in [0.1, 0.15) is 11.8 Å². The molecule has 0 radical (unpaired) electrons. The second kappa shape index (κ2) is 15.2. The molecule has 2 N–H and O–H groups in total. The van der Waals surface area contributed by atoms with Gasteiger partial charge in [-0.1, -0.05) is 91.0 Å². The maximum Gasteiger partial charge on any atom is 0.326 e. The lowest BCUT2D eigenvalue weighted by Gasteiger charge is -2.23. The van der Waals surface area contributed by atoms with Crippen LogP contribution in [0.4, 0.5) is 11.4 Å². The van der Waals surface area contributed by atoms with Crippen LogP contribution in [0.3, 0.4) is 0 Å². The van der Waals surface area contributed by atoms with Crippen molar-refractivity contribution < 1.29 is 24.2 Å². The van der Waals surface area contributed by atoms with Gasteiger partial charge in [-0.3, -0.25) is 9.59 Å². The van der Waals surface area contributed by atoms with Crippen molar-refractivity contribution in [1.29, 1.82) is 0 Å². The average Bonchev–Trinajstić information content (AvgIpc) is 3.09. The molecule has 1 atom stereocenters. The summed E-state index contributed by atoms with van der Waals surface area (Å²) >= 11 is 0. The van der Waals surface area contributed by atoms with Crippen LogP contribution in [0.1, 0.15) is 38.3 Å². The number of ether oxygens (including phenoxy) is 1. The number of nitrogens with one attached hydrogen (secondary N) is 1. The molecule has 0 aliphatic heterocycles. The van der Waals surface area contributed by atoms with Gasteiger partial charge >= 0.3 is 5.97 Å². The summed E-state index contributed by atoms with van der Waals surface area (Å²) in [6, 6.07) is 41.0. The first-order chi connectivity index (χ1) is 22.0. The Morgan fingerprint density at radius 1 is 0.689 bits per heavy atom. The van der Waals surface area contributed by atoms with Gasteiger partial charge in [-0.2, -0.15) is 0 Å². The Hall–Kier alpha value is -5.69. The molecule has 0 heterocycles. The molecule has 7 nitrogen and oxygen atoms in total. The third-order valence-electron chi connectivity index (χ3n) is 7.33. The van der Waals surface area contributed by atoms with E-state index in [9.17, 15) is 19.5 Å². The van der Waals surface area contributed by atoms with E-state index in [0.717, 1.165) is 11.3 Å². The van der Waals surface area contributed by atoms with Crippen LogP contribution in [-0.4, -0.2) is 42.0 Å². The van der Waals surface area contributed by atoms with Gasteiger partial charge in [0, 0.05) is 41.0 Å². The molecular weight excluding hydrogens is 564 g/mol. The van der Waals surface area contributed by atoms with Crippen molar-refractivity contribution in [1.82, 2.24) is 0 Å². The van der Waals surface area contributed by atoms with Crippen LogP contribution in [0.25, 0.3) is 0 Å². The maximum absolute atomic E-state index is 13.2. The summed E-state index contributed by atoms with van der Waals surface area (Å²) in [5.74, 6) is -0.621. The second-order valence-electron chi connectivity index (χ2n) is 10.5. The minimum atomic E-state index is -1.02. The highest BCUT2D eigenvalue weighted by Gasteiger charge is 2.22. The number of hydrogen-bond acceptors (Lipinski definition) is 5. The summed E-state index contributed by atoms with van der Waals surface area (Å²) in [5.41, 5.74) is 3.66. The molecule has 7 heteroatoms. The fourth-order valence-electron chi connectivity index (χ4n) is 5.00. The number of hydrogen-bond donors (Lipinski definition) is 2. The number of carbonyl (C=O) groups excluding carboxylic acids is 2. The van der Waals surface area contributed by atoms with E-state index in [-0.39, 0.29) is 18.1 Å². The van der Waals surface area contributed by atoms with Crippen molar-refractivity contribution in [2.24, 2.45) is 0 Å². The Labute approximate surface area is 262 Å². The molecule has 5 rings (SSSR count). The molecule has 0 bridgehead atoms. The van der Waals surface area contributed by atoms with E-state index in [1.807, 2.05) is 91.0 Å². The molecule has 0 aliphatic rings. The molecule has 5 aromatic carbocycles. The molecular formula is C38H34N2O5. The Bertz CT molecular complexity index is 1710. The molecule has 0 aliphatic carbocycles. The second-order valence-corrected chi connectivity index (χ2v) is 10.5. The van der Waals surface area contributed by atoms with Crippen molar-refractivity contribution in [2.45, 2.75) is 18.9 Å². The predicted molar refractivity (Wildman–Crippen MR) is 176 cm³/mol. The standard InChI is InChI=1S/C38H34N2O5/c41-36(29-13-4-1-5-14-29)33-19-10-11-20-34(33)39-35(38(43)44)27-28-21-23-32(24-22-28)45-26-12-25-40(31-17-8-3-9-18-31)37(42)30-15-6-2-7-16-30/h1-11,13-24,35,39H,12,25-27H2,(H,43,44)/t35-/m0/s1. The van der Waals surface area contributed by atoms with E-state index in [2.05, 4.69) is 5.32 Å². The minimum Gasteiger partial charge on any atom is -0.494 e. The first kappa shape index (κ1) is 30.8. The lowest BCUT2D eigenvalue weighted by Crippen LogP contribution is -2.32. The van der Waals surface area contributed by atoms with Crippen molar-refractivity contribution in [3.63, 3.8) is 0 Å². The zero-order chi connectivity index (χ0) is 31.4. The van der Waals surface area contributed by atoms with Crippen LogP contribution in [0, 0.1) is 0 Å². The highest BCUT2D eigenvalue weighted by Crippen LogP contribution is 2.22. The Kier molecular flexibility index (Phi) is 10.4. The number of amides is 1. The third kappa shape index (κ3) is 8.24. The smallest absolute Gasteiger partial charge is 0.326 e. The summed E-state index contributed by atoms with van der Waals surface area (Å²) in [4.78, 5) is 40.3. The number of nitrogens with zero attached hydrogens (tertiary/aromatic N) is 1. The van der Waals surface area contributed by atoms with Crippen LogP contribution in [0.15, 0.2) is 140 Å². The van der Waals surface area contributed by atoms with Crippen LogP contribution >= 0.6 is 0 Å². The molecule has 0 unspecified atom stereocenters. The molecule has 0 fully saturated rings. The maximum atomic E-state index is 13.2. The molecule has 0 saturated heterocycles. The van der Waals surface area contributed by atoms with Crippen LogP contribution in [-0.2, 0) is 11.2 Å². The van der Waals surface area contributed by atoms with Gasteiger partial charge in [-0.25, -0.2) is 4.79 Å². The predicted octanol–water partition coefficient (Wildman–Crippen LogP) is 7.14. The van der Waals surface area contributed by atoms with E-state index in [1.54, 1.807) is 53.4 Å². The SMILES string of the molecule is O=C(c1ccccc1)c1ccccc1N[C@@H](Cc1ccc(OCCCN(C(=O)c2ccccc2)c2ccccc2)cc1)C(=O)O. The summed E-state index contributed by atoms with van der Waals surface area (Å²) in [6.07, 6.45) is 0.818. The van der Waals surface area contributed by atoms with Gasteiger partial charge < -0.3 is 20.1 Å². The topological polar surface area (TPSA) is 95.9 Å². The number of carbonyl (C=O) groups is 3. The number of benzene rings is 5. The Morgan fingerprint density at radius 2 is 1.27 bits per heavy atom. The summed E-state index contributed by atoms with van der Waals surface area (Å²) in [7, 11) is 0. The van der Waals surface area contributed by atoms with E-state index >= 15 is 0 Å². The normalized spacial score (nSPS) is 11.3. The van der Waals surface area contributed by atoms with E-state index in [1.165, 1.54) is 0 Å². The van der Waals surface area contributed by atoms with Crippen molar-refractivity contribution >= 4 is 29.0 Å². The quantitative estimate of drug-likeness (QED) is 0.104. The van der Waals surface area contributed by atoms with Gasteiger partial charge in [-0.15, -0.1) is 0 Å². The first-order valence-corrected chi connectivity index (χ1v) is 14.8. The van der Waals surface area contributed by atoms with Crippen LogP contribution < -0.4 is 15.0 Å². The van der Waals surface area contributed by atoms with Crippen molar-refractivity contribution in [3.8, 4) is 5.75 Å². The summed E-state index contributed by atoms with van der Waals surface area (Å²) in [6.45, 7) is 0.881. The van der Waals surface area contributed by atoms with Gasteiger partial charge in [0.25, 0.3) is 5.91 Å². The number of aliphatic carboxylic acids is 1. The molecule has 0 aromatic heterocycles. The fraction of sp³-hybridized carbons (Fsp3) is 0.132. The molecule has 1 amide bonds. The monoisotopic (exact) mass is 598 g/mol. The molecule has 0 saturated carbocycles. The lowest BCUT2D eigenvalue weighted by atomic mass is 10.00. The number of para-hydroxylation sites is 2. The summed E-state index contributed by atoms with van der Waals surface area (Å²) in [5, 5.41) is 13.0. The average molecular weight is 599 g/mol. The van der Waals surface area contributed by atoms with Crippen molar-refractivity contribution in [2.75, 3.05) is 23.4 Å². The van der Waals surface area contributed by atoms with E-state index in [0.29, 0.717) is 47.7 Å². The highest BCUT2D eigenvalue weighted by atomic mass is 16.5. The van der Waals surface area contributed by atoms with Gasteiger partial charge in [0.2, 0.25) is 0 Å². The number of rotatable bonds is 14. The highest BCUT2D eigenvalue weighted by molar-refractivity contribution is 6.12. The number of ketones is 1. The minimum absolute atomic E-state index is 0.0696. The van der Waals surface area contributed by atoms with E-state index in [4.69, 9.17) is 4.74 Å².